The van der Waals surface area contributed by atoms with E-state index in [0.717, 1.165) is 25.1 Å². The number of hydrogen-bond donors (Lipinski definition) is 3. The van der Waals surface area contributed by atoms with Crippen LogP contribution in [0.2, 0.25) is 0 Å². The van der Waals surface area contributed by atoms with E-state index in [1.54, 1.807) is 0 Å². The highest BCUT2D eigenvalue weighted by molar-refractivity contribution is 5.98. The number of hydrogen-bond acceptors (Lipinski definition) is 4. The Morgan fingerprint density at radius 3 is 2.84 bits per heavy atom. The number of H-pyrrole nitrogens is 1. The predicted octanol–water partition coefficient (Wildman–Crippen LogP) is 1.41. The van der Waals surface area contributed by atoms with Crippen molar-refractivity contribution in [2.75, 3.05) is 18.9 Å². The molecule has 1 aromatic heterocycles. The minimum atomic E-state index is -0.335. The second kappa shape index (κ2) is 5.21. The van der Waals surface area contributed by atoms with E-state index in [0.29, 0.717) is 12.3 Å². The van der Waals surface area contributed by atoms with Gasteiger partial charge in [-0.15, -0.1) is 0 Å². The van der Waals surface area contributed by atoms with Crippen LogP contribution in [-0.2, 0) is 4.74 Å². The fourth-order valence-corrected chi connectivity index (χ4v) is 2.34. The maximum Gasteiger partial charge on any atom is 0.274 e. The van der Waals surface area contributed by atoms with Crippen LogP contribution in [-0.4, -0.2) is 34.9 Å². The highest BCUT2D eigenvalue weighted by atomic mass is 16.5. The third kappa shape index (κ3) is 2.89. The maximum absolute atomic E-state index is 12.2. The zero-order valence-electron chi connectivity index (χ0n) is 11.7. The first-order valence-electron chi connectivity index (χ1n) is 6.67. The largest absolute Gasteiger partial charge is 0.395 e. The van der Waals surface area contributed by atoms with Crippen LogP contribution < -0.4 is 11.1 Å². The van der Waals surface area contributed by atoms with E-state index < -0.39 is 0 Å². The van der Waals surface area contributed by atoms with E-state index in [4.69, 9.17) is 10.5 Å². The molecular weight excluding hydrogens is 244 g/mol. The number of nitrogens with one attached hydrogen (secondary N) is 2. The van der Waals surface area contributed by atoms with Crippen LogP contribution in [0.3, 0.4) is 0 Å². The van der Waals surface area contributed by atoms with Gasteiger partial charge in [-0.3, -0.25) is 9.89 Å². The van der Waals surface area contributed by atoms with Gasteiger partial charge in [-0.2, -0.15) is 5.10 Å². The number of aromatic nitrogens is 2. The zero-order valence-corrected chi connectivity index (χ0v) is 11.7. The molecule has 1 unspecified atom stereocenters. The Labute approximate surface area is 113 Å². The first-order chi connectivity index (χ1) is 8.93. The van der Waals surface area contributed by atoms with Crippen molar-refractivity contribution in [3.8, 4) is 0 Å². The summed E-state index contributed by atoms with van der Waals surface area (Å²) in [7, 11) is 0. The number of nitrogens with two attached hydrogens (primary N) is 1. The molecule has 0 aliphatic carbocycles. The predicted molar refractivity (Wildman–Crippen MR) is 73.0 cm³/mol. The van der Waals surface area contributed by atoms with Gasteiger partial charge in [-0.05, 0) is 25.7 Å². The molecule has 1 aromatic rings. The van der Waals surface area contributed by atoms with Crippen molar-refractivity contribution in [1.29, 1.82) is 0 Å². The smallest absolute Gasteiger partial charge is 0.274 e. The number of aromatic amines is 1. The van der Waals surface area contributed by atoms with Crippen LogP contribution in [0.1, 0.15) is 55.7 Å². The van der Waals surface area contributed by atoms with E-state index in [2.05, 4.69) is 15.5 Å². The van der Waals surface area contributed by atoms with Crippen LogP contribution in [0.15, 0.2) is 0 Å². The number of amides is 1. The van der Waals surface area contributed by atoms with Crippen LogP contribution in [0.5, 0.6) is 0 Å². The summed E-state index contributed by atoms with van der Waals surface area (Å²) in [5.74, 6) is -0.0312. The summed E-state index contributed by atoms with van der Waals surface area (Å²) in [4.78, 5) is 12.2. The lowest BCUT2D eigenvalue weighted by molar-refractivity contribution is 0.0271. The van der Waals surface area contributed by atoms with Crippen molar-refractivity contribution >= 4 is 11.6 Å². The molecule has 0 spiro atoms. The molecule has 2 heterocycles. The quantitative estimate of drug-likeness (QED) is 0.771. The molecule has 2 rings (SSSR count). The Morgan fingerprint density at radius 2 is 2.32 bits per heavy atom. The van der Waals surface area contributed by atoms with Gasteiger partial charge in [-0.1, -0.05) is 13.8 Å². The average molecular weight is 266 g/mol. The first-order valence-corrected chi connectivity index (χ1v) is 6.67. The molecule has 1 aliphatic rings. The lowest BCUT2D eigenvalue weighted by atomic mass is 9.94. The second-order valence-corrected chi connectivity index (χ2v) is 5.73. The standard InChI is InChI=1S/C13H22N4O2/c1-8(2)10-9(14)11(17-16-10)12(18)15-13(3)5-4-6-19-7-13/h8H,4-7,14H2,1-3H3,(H,15,18)(H,16,17). The summed E-state index contributed by atoms with van der Waals surface area (Å²) in [6.07, 6.45) is 1.85. The fourth-order valence-electron chi connectivity index (χ4n) is 2.34. The highest BCUT2D eigenvalue weighted by Crippen LogP contribution is 2.24. The summed E-state index contributed by atoms with van der Waals surface area (Å²) in [5, 5.41) is 9.85. The van der Waals surface area contributed by atoms with E-state index in [9.17, 15) is 4.79 Å². The van der Waals surface area contributed by atoms with E-state index >= 15 is 0 Å². The van der Waals surface area contributed by atoms with Gasteiger partial charge in [0.2, 0.25) is 0 Å². The molecule has 1 amide bonds. The Kier molecular flexibility index (Phi) is 3.80. The molecule has 6 nitrogen and oxygen atoms in total. The third-order valence-electron chi connectivity index (χ3n) is 3.48. The minimum absolute atomic E-state index is 0.211. The summed E-state index contributed by atoms with van der Waals surface area (Å²) < 4.78 is 5.42. The second-order valence-electron chi connectivity index (χ2n) is 5.73. The number of carbonyl (C=O) groups excluding carboxylic acids is 1. The molecule has 19 heavy (non-hydrogen) atoms. The zero-order chi connectivity index (χ0) is 14.0. The minimum Gasteiger partial charge on any atom is -0.395 e. The summed E-state index contributed by atoms with van der Waals surface area (Å²) in [6.45, 7) is 7.27. The Balaban J connectivity index is 2.11. The monoisotopic (exact) mass is 266 g/mol. The van der Waals surface area contributed by atoms with Crippen molar-refractivity contribution in [2.24, 2.45) is 0 Å². The summed E-state index contributed by atoms with van der Waals surface area (Å²) in [6, 6.07) is 0. The molecule has 0 saturated carbocycles. The fraction of sp³-hybridized carbons (Fsp3) is 0.692. The van der Waals surface area contributed by atoms with Crippen LogP contribution >= 0.6 is 0 Å². The van der Waals surface area contributed by atoms with Gasteiger partial charge in [0.25, 0.3) is 5.91 Å². The Morgan fingerprint density at radius 1 is 1.58 bits per heavy atom. The average Bonchev–Trinajstić information content (AvgIpc) is 2.71. The third-order valence-corrected chi connectivity index (χ3v) is 3.48. The van der Waals surface area contributed by atoms with Gasteiger partial charge in [-0.25, -0.2) is 0 Å². The number of anilines is 1. The van der Waals surface area contributed by atoms with Crippen molar-refractivity contribution in [2.45, 2.75) is 45.1 Å². The number of rotatable bonds is 3. The lowest BCUT2D eigenvalue weighted by Gasteiger charge is -2.34. The SMILES string of the molecule is CC(C)c1[nH]nc(C(=O)NC2(C)CCCOC2)c1N. The molecule has 1 aliphatic heterocycles. The molecule has 6 heteroatoms. The molecule has 1 fully saturated rings. The maximum atomic E-state index is 12.2. The van der Waals surface area contributed by atoms with Crippen molar-refractivity contribution in [3.05, 3.63) is 11.4 Å². The first kappa shape index (κ1) is 13.9. The van der Waals surface area contributed by atoms with Gasteiger partial charge in [0.1, 0.15) is 0 Å². The van der Waals surface area contributed by atoms with E-state index in [-0.39, 0.29) is 23.1 Å². The number of nitrogens with zero attached hydrogens (tertiary/aromatic N) is 1. The summed E-state index contributed by atoms with van der Waals surface area (Å²) in [5.41, 5.74) is 7.15. The van der Waals surface area contributed by atoms with Gasteiger partial charge < -0.3 is 15.8 Å². The molecule has 0 radical (unpaired) electrons. The van der Waals surface area contributed by atoms with Gasteiger partial charge in [0.05, 0.1) is 23.5 Å². The van der Waals surface area contributed by atoms with Crippen LogP contribution in [0.4, 0.5) is 5.69 Å². The lowest BCUT2D eigenvalue weighted by Crippen LogP contribution is -2.51. The molecule has 0 aromatic carbocycles. The topological polar surface area (TPSA) is 93.0 Å². The highest BCUT2D eigenvalue weighted by Gasteiger charge is 2.31. The molecule has 106 valence electrons. The van der Waals surface area contributed by atoms with Crippen LogP contribution in [0, 0.1) is 0 Å². The van der Waals surface area contributed by atoms with Crippen molar-refractivity contribution in [1.82, 2.24) is 15.5 Å². The molecule has 0 bridgehead atoms. The molecule has 1 atom stereocenters. The Hall–Kier alpha value is -1.56. The molecular formula is C13H22N4O2. The molecule has 4 N–H and O–H groups in total. The summed E-state index contributed by atoms with van der Waals surface area (Å²) >= 11 is 0. The van der Waals surface area contributed by atoms with Crippen LogP contribution in [0.25, 0.3) is 0 Å². The van der Waals surface area contributed by atoms with Crippen molar-refractivity contribution < 1.29 is 9.53 Å². The van der Waals surface area contributed by atoms with E-state index in [1.807, 2.05) is 20.8 Å². The molecule has 1 saturated heterocycles. The number of carbonyl (C=O) groups is 1. The van der Waals surface area contributed by atoms with Crippen molar-refractivity contribution in [3.63, 3.8) is 0 Å². The number of nitrogen functional groups attached to an aromatic ring is 1. The van der Waals surface area contributed by atoms with E-state index in [1.165, 1.54) is 0 Å². The van der Waals surface area contributed by atoms with Gasteiger partial charge >= 0.3 is 0 Å². The normalized spacial score (nSPS) is 23.6. The number of ether oxygens (including phenoxy) is 1. The van der Waals surface area contributed by atoms with Gasteiger partial charge in [0, 0.05) is 6.61 Å². The Bertz CT molecular complexity index is 461. The van der Waals surface area contributed by atoms with Gasteiger partial charge in [0.15, 0.2) is 5.69 Å².